The van der Waals surface area contributed by atoms with Crippen LogP contribution < -0.4 is 5.43 Å². The molecule has 0 saturated carbocycles. The Bertz CT molecular complexity index is 363. The maximum absolute atomic E-state index is 11.5. The minimum atomic E-state index is 0.395. The Kier molecular flexibility index (Phi) is 4.22. The molecule has 0 spiro atoms. The van der Waals surface area contributed by atoms with E-state index >= 15 is 0 Å². The number of rotatable bonds is 0. The lowest BCUT2D eigenvalue weighted by Crippen LogP contribution is -1.84. The molecule has 1 heteroatoms. The number of hydrogen-bond acceptors (Lipinski definition) is 1. The van der Waals surface area contributed by atoms with E-state index in [2.05, 4.69) is 11.8 Å². The van der Waals surface area contributed by atoms with Gasteiger partial charge < -0.3 is 0 Å². The summed E-state index contributed by atoms with van der Waals surface area (Å²) in [4.78, 5) is 11.5. The van der Waals surface area contributed by atoms with Gasteiger partial charge in [-0.3, -0.25) is 4.79 Å². The SMILES string of the molecule is O=c1c2c1CCCCCC#CCCCCC2. The molecule has 16 heavy (non-hydrogen) atoms. The normalized spacial score (nSPS) is 19.5. The molecule has 86 valence electrons. The Balaban J connectivity index is 1.83. The second-order valence-corrected chi connectivity index (χ2v) is 4.76. The lowest BCUT2D eigenvalue weighted by molar-refractivity contribution is 0.680. The summed E-state index contributed by atoms with van der Waals surface area (Å²) in [5, 5.41) is 0. The van der Waals surface area contributed by atoms with E-state index in [4.69, 9.17) is 0 Å². The van der Waals surface area contributed by atoms with Crippen LogP contribution in [0.4, 0.5) is 0 Å². The van der Waals surface area contributed by atoms with E-state index in [0.29, 0.717) is 5.43 Å². The van der Waals surface area contributed by atoms with Crippen molar-refractivity contribution < 1.29 is 0 Å². The Morgan fingerprint density at radius 3 is 1.69 bits per heavy atom. The van der Waals surface area contributed by atoms with Gasteiger partial charge in [-0.15, -0.1) is 11.8 Å². The molecule has 0 amide bonds. The van der Waals surface area contributed by atoms with Crippen LogP contribution in [0.1, 0.15) is 62.5 Å². The Hall–Kier alpha value is -1.03. The number of hydrogen-bond donors (Lipinski definition) is 0. The molecule has 0 aromatic heterocycles. The first-order valence-electron chi connectivity index (χ1n) is 6.62. The molecule has 0 N–H and O–H groups in total. The van der Waals surface area contributed by atoms with Crippen LogP contribution in [0.2, 0.25) is 0 Å². The minimum absolute atomic E-state index is 0.395. The molecule has 0 fully saturated rings. The average molecular weight is 216 g/mol. The topological polar surface area (TPSA) is 17.1 Å². The smallest absolute Gasteiger partial charge is 0.185 e. The van der Waals surface area contributed by atoms with Crippen molar-refractivity contribution in [3.63, 3.8) is 0 Å². The van der Waals surface area contributed by atoms with Crippen LogP contribution in [-0.2, 0) is 12.8 Å². The van der Waals surface area contributed by atoms with Crippen molar-refractivity contribution in [3.05, 3.63) is 21.4 Å². The first-order valence-corrected chi connectivity index (χ1v) is 6.62. The van der Waals surface area contributed by atoms with Gasteiger partial charge in [-0.1, -0.05) is 12.8 Å². The fourth-order valence-corrected chi connectivity index (χ4v) is 2.34. The Morgan fingerprint density at radius 1 is 0.688 bits per heavy atom. The van der Waals surface area contributed by atoms with Crippen molar-refractivity contribution in [2.75, 3.05) is 0 Å². The lowest BCUT2D eigenvalue weighted by atomic mass is 10.1. The fraction of sp³-hybridized carbons (Fsp3) is 0.667. The maximum atomic E-state index is 11.5. The fourth-order valence-electron chi connectivity index (χ4n) is 2.34. The summed E-state index contributed by atoms with van der Waals surface area (Å²) in [5.74, 6) is 6.48. The molecule has 0 atom stereocenters. The van der Waals surface area contributed by atoms with Crippen molar-refractivity contribution >= 4 is 0 Å². The highest BCUT2D eigenvalue weighted by Crippen LogP contribution is 2.17. The van der Waals surface area contributed by atoms with Gasteiger partial charge in [0.2, 0.25) is 0 Å². The monoisotopic (exact) mass is 216 g/mol. The van der Waals surface area contributed by atoms with Crippen molar-refractivity contribution in [2.24, 2.45) is 0 Å². The first kappa shape index (κ1) is 11.5. The minimum Gasteiger partial charge on any atom is -0.289 e. The summed E-state index contributed by atoms with van der Waals surface area (Å²) >= 11 is 0. The van der Waals surface area contributed by atoms with Gasteiger partial charge in [0, 0.05) is 24.0 Å². The molecule has 0 unspecified atom stereocenters. The Morgan fingerprint density at radius 2 is 1.19 bits per heavy atom. The number of fused-ring (bicyclic) bond motifs is 1. The highest BCUT2D eigenvalue weighted by molar-refractivity contribution is 5.39. The summed E-state index contributed by atoms with van der Waals surface area (Å²) in [6.07, 6.45) is 11.3. The van der Waals surface area contributed by atoms with E-state index in [1.54, 1.807) is 0 Å². The van der Waals surface area contributed by atoms with Crippen molar-refractivity contribution in [1.29, 1.82) is 0 Å². The zero-order valence-corrected chi connectivity index (χ0v) is 9.98. The third-order valence-electron chi connectivity index (χ3n) is 3.43. The van der Waals surface area contributed by atoms with Gasteiger partial charge in [0.15, 0.2) is 5.43 Å². The van der Waals surface area contributed by atoms with E-state index < -0.39 is 0 Å². The second-order valence-electron chi connectivity index (χ2n) is 4.76. The van der Waals surface area contributed by atoms with Gasteiger partial charge in [0.1, 0.15) is 0 Å². The molecular formula is C15H20O. The van der Waals surface area contributed by atoms with E-state index in [1.165, 1.54) is 49.7 Å². The van der Waals surface area contributed by atoms with E-state index in [1.807, 2.05) is 0 Å². The molecule has 1 aromatic rings. The van der Waals surface area contributed by atoms with Crippen LogP contribution in [0.3, 0.4) is 0 Å². The molecule has 0 heterocycles. The summed E-state index contributed by atoms with van der Waals surface area (Å²) in [6, 6.07) is 0. The van der Waals surface area contributed by atoms with Gasteiger partial charge in [0.25, 0.3) is 0 Å². The van der Waals surface area contributed by atoms with Gasteiger partial charge in [0.05, 0.1) is 0 Å². The molecular weight excluding hydrogens is 196 g/mol. The zero-order chi connectivity index (χ0) is 11.2. The predicted octanol–water partition coefficient (Wildman–Crippen LogP) is 3.15. The summed E-state index contributed by atoms with van der Waals surface area (Å²) in [5.41, 5.74) is 2.73. The van der Waals surface area contributed by atoms with Crippen LogP contribution in [0, 0.1) is 11.8 Å². The van der Waals surface area contributed by atoms with Crippen molar-refractivity contribution in [2.45, 2.75) is 64.2 Å². The molecule has 0 bridgehead atoms. The Labute approximate surface area is 97.9 Å². The molecule has 0 aliphatic heterocycles. The van der Waals surface area contributed by atoms with Crippen LogP contribution >= 0.6 is 0 Å². The third kappa shape index (κ3) is 3.23. The predicted molar refractivity (Wildman–Crippen MR) is 67.2 cm³/mol. The first-order chi connectivity index (χ1) is 7.89. The largest absolute Gasteiger partial charge is 0.289 e. The molecule has 0 radical (unpaired) electrons. The lowest BCUT2D eigenvalue weighted by Gasteiger charge is -1.97. The second kappa shape index (κ2) is 5.89. The summed E-state index contributed by atoms with van der Waals surface area (Å²) in [6.45, 7) is 0. The van der Waals surface area contributed by atoms with Crippen molar-refractivity contribution in [1.82, 2.24) is 0 Å². The summed E-state index contributed by atoms with van der Waals surface area (Å²) < 4.78 is 0. The highest BCUT2D eigenvalue weighted by atomic mass is 16.1. The van der Waals surface area contributed by atoms with Crippen molar-refractivity contribution in [3.8, 4) is 11.8 Å². The molecule has 1 aliphatic carbocycles. The van der Waals surface area contributed by atoms with Gasteiger partial charge in [-0.25, -0.2) is 0 Å². The molecule has 0 saturated heterocycles. The van der Waals surface area contributed by atoms with Gasteiger partial charge >= 0.3 is 0 Å². The average Bonchev–Trinajstić information content (AvgIpc) is 2.90. The quantitative estimate of drug-likeness (QED) is 0.609. The zero-order valence-electron chi connectivity index (χ0n) is 9.98. The van der Waals surface area contributed by atoms with Crippen LogP contribution in [-0.4, -0.2) is 0 Å². The van der Waals surface area contributed by atoms with E-state index in [-0.39, 0.29) is 0 Å². The van der Waals surface area contributed by atoms with Crippen LogP contribution in [0.25, 0.3) is 0 Å². The maximum Gasteiger partial charge on any atom is 0.185 e. The van der Waals surface area contributed by atoms with Gasteiger partial charge in [-0.2, -0.15) is 0 Å². The van der Waals surface area contributed by atoms with Gasteiger partial charge in [-0.05, 0) is 38.5 Å². The van der Waals surface area contributed by atoms with E-state index in [0.717, 1.165) is 25.7 Å². The van der Waals surface area contributed by atoms with Crippen LogP contribution in [0.15, 0.2) is 4.79 Å². The molecule has 2 rings (SSSR count). The third-order valence-corrected chi connectivity index (χ3v) is 3.43. The molecule has 1 aliphatic rings. The van der Waals surface area contributed by atoms with Crippen LogP contribution in [0.5, 0.6) is 0 Å². The molecule has 1 nitrogen and oxygen atoms in total. The standard InChI is InChI=1S/C15H20O/c16-15-13-11-9-7-5-3-1-2-4-6-8-10-12-14(13)15/h3-12H2. The van der Waals surface area contributed by atoms with E-state index in [9.17, 15) is 4.79 Å². The molecule has 1 aromatic carbocycles. The highest BCUT2D eigenvalue weighted by Gasteiger charge is 2.20. The summed E-state index contributed by atoms with van der Waals surface area (Å²) in [7, 11) is 0.